The highest BCUT2D eigenvalue weighted by Gasteiger charge is 2.23. The van der Waals surface area contributed by atoms with Crippen molar-refractivity contribution in [1.29, 1.82) is 0 Å². The van der Waals surface area contributed by atoms with Gasteiger partial charge in [0.1, 0.15) is 0 Å². The minimum absolute atomic E-state index is 0.0401. The molecule has 0 saturated heterocycles. The van der Waals surface area contributed by atoms with Gasteiger partial charge >= 0.3 is 11.9 Å². The zero-order valence-corrected chi connectivity index (χ0v) is 14.7. The van der Waals surface area contributed by atoms with Crippen molar-refractivity contribution in [3.8, 4) is 0 Å². The van der Waals surface area contributed by atoms with E-state index in [2.05, 4.69) is 4.98 Å². The number of carboxylic acid groups (broad SMARTS) is 1. The summed E-state index contributed by atoms with van der Waals surface area (Å²) in [7, 11) is 1.35. The number of nitrogen functional groups attached to an aromatic ring is 1. The van der Waals surface area contributed by atoms with Crippen LogP contribution in [0, 0.1) is 0 Å². The molecule has 0 saturated carbocycles. The van der Waals surface area contributed by atoms with E-state index in [-0.39, 0.29) is 17.4 Å². The minimum atomic E-state index is -1.08. The van der Waals surface area contributed by atoms with E-state index >= 15 is 0 Å². The lowest BCUT2D eigenvalue weighted by atomic mass is 9.88. The number of nitrogens with two attached hydrogens (primary N) is 1. The molecule has 1 aromatic carbocycles. The summed E-state index contributed by atoms with van der Waals surface area (Å²) in [5.41, 5.74) is 10.8. The number of carboxylic acids is 1. The molecule has 2 aromatic rings. The Morgan fingerprint density at radius 2 is 1.85 bits per heavy atom. The number of hydrogen-bond donors (Lipinski definition) is 2. The van der Waals surface area contributed by atoms with Crippen LogP contribution in [0.3, 0.4) is 0 Å². The molecular formula is C20H22N2O4. The predicted octanol–water partition coefficient (Wildman–Crippen LogP) is 2.81. The molecule has 1 heterocycles. The largest absolute Gasteiger partial charge is 0.476 e. The number of rotatable bonds is 5. The molecule has 0 atom stereocenters. The molecule has 0 bridgehead atoms. The number of ether oxygens (including phenoxy) is 1. The molecule has 1 aromatic heterocycles. The summed E-state index contributed by atoms with van der Waals surface area (Å²) in [4.78, 5) is 27.3. The van der Waals surface area contributed by atoms with E-state index in [1.54, 1.807) is 12.1 Å². The van der Waals surface area contributed by atoms with Gasteiger partial charge in [0, 0.05) is 5.69 Å². The Balaban J connectivity index is 1.86. The zero-order chi connectivity index (χ0) is 18.7. The van der Waals surface area contributed by atoms with Gasteiger partial charge in [-0.15, -0.1) is 0 Å². The lowest BCUT2D eigenvalue weighted by molar-refractivity contribution is 0.0599. The number of hydrogen-bond acceptors (Lipinski definition) is 5. The fourth-order valence-corrected chi connectivity index (χ4v) is 3.48. The molecule has 0 radical (unpaired) electrons. The SMILES string of the molecule is COC(=O)c1ccc(CCc2c(N)c(C(=O)O)nc3c2CCCC3)cc1. The quantitative estimate of drug-likeness (QED) is 0.801. The molecule has 3 N–H and O–H groups in total. The Kier molecular flexibility index (Phi) is 5.21. The zero-order valence-electron chi connectivity index (χ0n) is 14.7. The standard InChI is InChI=1S/C20H22N2O4/c1-26-20(25)13-9-6-12(7-10-13)8-11-15-14-4-2-3-5-16(14)22-18(17(15)21)19(23)24/h6-7,9-10H,2-5,8,11,21H2,1H3,(H,23,24). The lowest BCUT2D eigenvalue weighted by Gasteiger charge is -2.21. The van der Waals surface area contributed by atoms with Crippen LogP contribution in [0.4, 0.5) is 5.69 Å². The van der Waals surface area contributed by atoms with Crippen LogP contribution >= 0.6 is 0 Å². The van der Waals surface area contributed by atoms with Gasteiger partial charge in [-0.1, -0.05) is 12.1 Å². The number of benzene rings is 1. The second-order valence-electron chi connectivity index (χ2n) is 6.48. The number of fused-ring (bicyclic) bond motifs is 1. The molecule has 3 rings (SSSR count). The minimum Gasteiger partial charge on any atom is -0.476 e. The maximum absolute atomic E-state index is 11.5. The molecule has 26 heavy (non-hydrogen) atoms. The van der Waals surface area contributed by atoms with E-state index in [0.717, 1.165) is 48.1 Å². The Morgan fingerprint density at radius 1 is 1.15 bits per heavy atom. The molecular weight excluding hydrogens is 332 g/mol. The summed E-state index contributed by atoms with van der Waals surface area (Å²) in [6, 6.07) is 7.23. The third-order valence-electron chi connectivity index (χ3n) is 4.87. The molecule has 0 amide bonds. The smallest absolute Gasteiger partial charge is 0.356 e. The maximum atomic E-state index is 11.5. The molecule has 0 spiro atoms. The van der Waals surface area contributed by atoms with Crippen LogP contribution in [0.25, 0.3) is 0 Å². The Morgan fingerprint density at radius 3 is 2.50 bits per heavy atom. The monoisotopic (exact) mass is 354 g/mol. The summed E-state index contributed by atoms with van der Waals surface area (Å²) in [5, 5.41) is 9.40. The topological polar surface area (TPSA) is 103 Å². The molecule has 0 unspecified atom stereocenters. The number of methoxy groups -OCH3 is 1. The summed E-state index contributed by atoms with van der Waals surface area (Å²) in [6.45, 7) is 0. The summed E-state index contributed by atoms with van der Waals surface area (Å²) < 4.78 is 4.70. The summed E-state index contributed by atoms with van der Waals surface area (Å²) in [6.07, 6.45) is 5.15. The third kappa shape index (κ3) is 3.54. The van der Waals surface area contributed by atoms with Crippen LogP contribution in [0.5, 0.6) is 0 Å². The number of pyridine rings is 1. The molecule has 136 valence electrons. The number of carbonyl (C=O) groups is 2. The predicted molar refractivity (Wildman–Crippen MR) is 97.4 cm³/mol. The normalized spacial score (nSPS) is 13.1. The fraction of sp³-hybridized carbons (Fsp3) is 0.350. The van der Waals surface area contributed by atoms with Crippen LogP contribution in [-0.4, -0.2) is 29.1 Å². The number of anilines is 1. The molecule has 6 heteroatoms. The summed E-state index contributed by atoms with van der Waals surface area (Å²) in [5.74, 6) is -1.45. The maximum Gasteiger partial charge on any atom is 0.356 e. The van der Waals surface area contributed by atoms with E-state index in [0.29, 0.717) is 18.4 Å². The number of esters is 1. The second kappa shape index (κ2) is 7.56. The van der Waals surface area contributed by atoms with Crippen molar-refractivity contribution in [2.45, 2.75) is 38.5 Å². The van der Waals surface area contributed by atoms with Crippen LogP contribution in [0.2, 0.25) is 0 Å². The van der Waals surface area contributed by atoms with Gasteiger partial charge in [0.25, 0.3) is 0 Å². The first kappa shape index (κ1) is 17.9. The van der Waals surface area contributed by atoms with Gasteiger partial charge in [0.15, 0.2) is 5.69 Å². The van der Waals surface area contributed by atoms with E-state index in [4.69, 9.17) is 10.5 Å². The molecule has 6 nitrogen and oxygen atoms in total. The highest BCUT2D eigenvalue weighted by molar-refractivity contribution is 5.92. The lowest BCUT2D eigenvalue weighted by Crippen LogP contribution is -2.17. The number of aromatic carboxylic acids is 1. The highest BCUT2D eigenvalue weighted by atomic mass is 16.5. The van der Waals surface area contributed by atoms with Crippen LogP contribution in [-0.2, 0) is 30.4 Å². The van der Waals surface area contributed by atoms with Gasteiger partial charge in [-0.2, -0.15) is 0 Å². The first-order chi connectivity index (χ1) is 12.5. The molecule has 1 aliphatic rings. The van der Waals surface area contributed by atoms with E-state index in [1.807, 2.05) is 12.1 Å². The number of aryl methyl sites for hydroxylation is 2. The molecule has 1 aliphatic carbocycles. The Hall–Kier alpha value is -2.89. The third-order valence-corrected chi connectivity index (χ3v) is 4.87. The molecule has 0 aliphatic heterocycles. The van der Waals surface area contributed by atoms with Gasteiger partial charge in [-0.3, -0.25) is 0 Å². The van der Waals surface area contributed by atoms with Gasteiger partial charge in [0.2, 0.25) is 0 Å². The average molecular weight is 354 g/mol. The van der Waals surface area contributed by atoms with E-state index in [9.17, 15) is 14.7 Å². The second-order valence-corrected chi connectivity index (χ2v) is 6.48. The first-order valence-corrected chi connectivity index (χ1v) is 8.72. The first-order valence-electron chi connectivity index (χ1n) is 8.72. The van der Waals surface area contributed by atoms with Crippen molar-refractivity contribution in [2.75, 3.05) is 12.8 Å². The van der Waals surface area contributed by atoms with Gasteiger partial charge in [-0.25, -0.2) is 14.6 Å². The number of nitrogens with zero attached hydrogens (tertiary/aromatic N) is 1. The van der Waals surface area contributed by atoms with Crippen LogP contribution in [0.15, 0.2) is 24.3 Å². The highest BCUT2D eigenvalue weighted by Crippen LogP contribution is 2.30. The van der Waals surface area contributed by atoms with Crippen molar-refractivity contribution in [1.82, 2.24) is 4.98 Å². The van der Waals surface area contributed by atoms with Gasteiger partial charge < -0.3 is 15.6 Å². The van der Waals surface area contributed by atoms with Crippen molar-refractivity contribution in [3.05, 3.63) is 57.9 Å². The van der Waals surface area contributed by atoms with E-state index < -0.39 is 5.97 Å². The summed E-state index contributed by atoms with van der Waals surface area (Å²) >= 11 is 0. The van der Waals surface area contributed by atoms with Crippen LogP contribution < -0.4 is 5.73 Å². The Labute approximate surface area is 152 Å². The van der Waals surface area contributed by atoms with Crippen molar-refractivity contribution in [3.63, 3.8) is 0 Å². The molecule has 0 fully saturated rings. The van der Waals surface area contributed by atoms with Crippen molar-refractivity contribution >= 4 is 17.6 Å². The van der Waals surface area contributed by atoms with Crippen molar-refractivity contribution < 1.29 is 19.4 Å². The van der Waals surface area contributed by atoms with Gasteiger partial charge in [-0.05, 0) is 67.3 Å². The van der Waals surface area contributed by atoms with E-state index in [1.165, 1.54) is 7.11 Å². The van der Waals surface area contributed by atoms with Gasteiger partial charge in [0.05, 0.1) is 18.4 Å². The fourth-order valence-electron chi connectivity index (χ4n) is 3.48. The Bertz CT molecular complexity index is 844. The average Bonchev–Trinajstić information content (AvgIpc) is 2.66. The number of carbonyl (C=O) groups excluding carboxylic acids is 1. The number of aromatic nitrogens is 1. The van der Waals surface area contributed by atoms with Crippen LogP contribution in [0.1, 0.15) is 56.1 Å². The van der Waals surface area contributed by atoms with Crippen molar-refractivity contribution in [2.24, 2.45) is 0 Å².